The van der Waals surface area contributed by atoms with Crippen LogP contribution in [-0.2, 0) is 11.3 Å². The maximum absolute atomic E-state index is 13.2. The SMILES string of the molecule is O=C(CN1C(=O)N(Cc2cccnc2)C(=O)C2NCCCC21)c1ccc(F)cc1. The van der Waals surface area contributed by atoms with E-state index in [-0.39, 0.29) is 30.8 Å². The van der Waals surface area contributed by atoms with Gasteiger partial charge < -0.3 is 10.2 Å². The molecule has 0 saturated carbocycles. The number of imide groups is 1. The molecule has 0 aliphatic carbocycles. The third-order valence-corrected chi connectivity index (χ3v) is 5.38. The Bertz CT molecular complexity index is 919. The summed E-state index contributed by atoms with van der Waals surface area (Å²) in [6, 6.07) is 7.37. The summed E-state index contributed by atoms with van der Waals surface area (Å²) < 4.78 is 13.2. The lowest BCUT2D eigenvalue weighted by Gasteiger charge is -2.46. The van der Waals surface area contributed by atoms with Crippen molar-refractivity contribution >= 4 is 17.7 Å². The fraction of sp³-hybridized carbons (Fsp3) is 0.333. The molecule has 1 N–H and O–H groups in total. The molecule has 2 saturated heterocycles. The number of hydrogen-bond acceptors (Lipinski definition) is 5. The molecule has 0 radical (unpaired) electrons. The van der Waals surface area contributed by atoms with Crippen molar-refractivity contribution < 1.29 is 18.8 Å². The highest BCUT2D eigenvalue weighted by Crippen LogP contribution is 2.26. The lowest BCUT2D eigenvalue weighted by Crippen LogP contribution is -2.69. The van der Waals surface area contributed by atoms with Crippen molar-refractivity contribution in [1.29, 1.82) is 0 Å². The molecule has 2 aromatic rings. The van der Waals surface area contributed by atoms with Gasteiger partial charge in [0.2, 0.25) is 5.91 Å². The fourth-order valence-electron chi connectivity index (χ4n) is 3.90. The molecule has 2 fully saturated rings. The van der Waals surface area contributed by atoms with Crippen molar-refractivity contribution in [3.8, 4) is 0 Å². The van der Waals surface area contributed by atoms with E-state index in [1.54, 1.807) is 24.5 Å². The Morgan fingerprint density at radius 2 is 2.00 bits per heavy atom. The molecule has 0 spiro atoms. The van der Waals surface area contributed by atoms with E-state index in [1.807, 2.05) is 0 Å². The zero-order chi connectivity index (χ0) is 20.4. The smallest absolute Gasteiger partial charge is 0.311 e. The van der Waals surface area contributed by atoms with Crippen LogP contribution in [0.15, 0.2) is 48.8 Å². The van der Waals surface area contributed by atoms with Gasteiger partial charge in [-0.15, -0.1) is 0 Å². The Labute approximate surface area is 167 Å². The number of nitrogens with one attached hydrogen (secondary N) is 1. The lowest BCUT2D eigenvalue weighted by molar-refractivity contribution is -0.137. The first-order chi connectivity index (χ1) is 14.0. The normalized spacial score (nSPS) is 21.8. The second kappa shape index (κ2) is 8.08. The summed E-state index contributed by atoms with van der Waals surface area (Å²) in [6.45, 7) is 0.614. The Morgan fingerprint density at radius 3 is 2.72 bits per heavy atom. The molecule has 2 aliphatic rings. The quantitative estimate of drug-likeness (QED) is 0.782. The average Bonchev–Trinajstić information content (AvgIpc) is 2.75. The monoisotopic (exact) mass is 396 g/mol. The van der Waals surface area contributed by atoms with E-state index < -0.39 is 17.9 Å². The van der Waals surface area contributed by atoms with E-state index in [2.05, 4.69) is 10.3 Å². The van der Waals surface area contributed by atoms with Gasteiger partial charge in [-0.1, -0.05) is 6.07 Å². The standard InChI is InChI=1S/C21H21FN4O3/c22-16-7-5-15(6-8-16)18(27)13-25-17-4-2-10-24-19(17)20(28)26(21(25)29)12-14-3-1-9-23-11-14/h1,3,5-9,11,17,19,24H,2,4,10,12-13H2. The van der Waals surface area contributed by atoms with Crippen LogP contribution in [0.5, 0.6) is 0 Å². The van der Waals surface area contributed by atoms with Crippen molar-refractivity contribution in [3.63, 3.8) is 0 Å². The van der Waals surface area contributed by atoms with E-state index in [1.165, 1.54) is 34.1 Å². The number of amides is 3. The molecule has 2 unspecified atom stereocenters. The van der Waals surface area contributed by atoms with Crippen molar-refractivity contribution in [2.24, 2.45) is 0 Å². The van der Waals surface area contributed by atoms with Gasteiger partial charge in [-0.3, -0.25) is 19.5 Å². The Morgan fingerprint density at radius 1 is 1.21 bits per heavy atom. The van der Waals surface area contributed by atoms with Gasteiger partial charge in [0.15, 0.2) is 5.78 Å². The topological polar surface area (TPSA) is 82.6 Å². The van der Waals surface area contributed by atoms with E-state index in [0.29, 0.717) is 18.5 Å². The van der Waals surface area contributed by atoms with E-state index >= 15 is 0 Å². The average molecular weight is 396 g/mol. The van der Waals surface area contributed by atoms with Crippen LogP contribution in [0.4, 0.5) is 9.18 Å². The lowest BCUT2D eigenvalue weighted by atomic mass is 9.92. The van der Waals surface area contributed by atoms with E-state index in [9.17, 15) is 18.8 Å². The van der Waals surface area contributed by atoms with Crippen LogP contribution in [0.25, 0.3) is 0 Å². The van der Waals surface area contributed by atoms with Crippen LogP contribution in [-0.4, -0.2) is 57.7 Å². The van der Waals surface area contributed by atoms with Gasteiger partial charge in [-0.2, -0.15) is 0 Å². The number of rotatable bonds is 5. The number of halogens is 1. The second-order valence-electron chi connectivity index (χ2n) is 7.27. The summed E-state index contributed by atoms with van der Waals surface area (Å²) in [5, 5.41) is 3.20. The summed E-state index contributed by atoms with van der Waals surface area (Å²) in [6.07, 6.45) is 4.68. The first kappa shape index (κ1) is 19.2. The third kappa shape index (κ3) is 3.88. The number of nitrogens with zero attached hydrogens (tertiary/aromatic N) is 3. The number of fused-ring (bicyclic) bond motifs is 1. The molecule has 2 aliphatic heterocycles. The number of hydrogen-bond donors (Lipinski definition) is 1. The molecule has 3 heterocycles. The van der Waals surface area contributed by atoms with Crippen LogP contribution in [0.3, 0.4) is 0 Å². The van der Waals surface area contributed by atoms with Crippen LogP contribution in [0.1, 0.15) is 28.8 Å². The van der Waals surface area contributed by atoms with Crippen molar-refractivity contribution in [3.05, 3.63) is 65.7 Å². The van der Waals surface area contributed by atoms with E-state index in [0.717, 1.165) is 12.0 Å². The molecule has 29 heavy (non-hydrogen) atoms. The van der Waals surface area contributed by atoms with Crippen molar-refractivity contribution in [2.45, 2.75) is 31.5 Å². The van der Waals surface area contributed by atoms with Crippen molar-refractivity contribution in [1.82, 2.24) is 20.1 Å². The van der Waals surface area contributed by atoms with Gasteiger partial charge in [-0.05, 0) is 55.3 Å². The number of ketones is 1. The largest absolute Gasteiger partial charge is 0.327 e. The Hall–Kier alpha value is -3.13. The Balaban J connectivity index is 1.59. The minimum Gasteiger partial charge on any atom is -0.311 e. The van der Waals surface area contributed by atoms with Gasteiger partial charge in [0.05, 0.1) is 19.1 Å². The number of piperidine rings is 1. The molecule has 1 aromatic carbocycles. The molecular formula is C21H21FN4O3. The minimum absolute atomic E-state index is 0.0949. The zero-order valence-electron chi connectivity index (χ0n) is 15.8. The maximum atomic E-state index is 13.2. The number of carbonyl (C=O) groups is 3. The molecule has 150 valence electrons. The van der Waals surface area contributed by atoms with Gasteiger partial charge >= 0.3 is 6.03 Å². The number of urea groups is 1. The first-order valence-electron chi connectivity index (χ1n) is 9.57. The highest BCUT2D eigenvalue weighted by molar-refractivity contribution is 6.04. The molecule has 1 aromatic heterocycles. The van der Waals surface area contributed by atoms with E-state index in [4.69, 9.17) is 0 Å². The zero-order valence-corrected chi connectivity index (χ0v) is 15.8. The van der Waals surface area contributed by atoms with Crippen LogP contribution in [0.2, 0.25) is 0 Å². The van der Waals surface area contributed by atoms with Gasteiger partial charge in [-0.25, -0.2) is 9.18 Å². The Kier molecular flexibility index (Phi) is 5.35. The molecule has 8 heteroatoms. The van der Waals surface area contributed by atoms with Gasteiger partial charge in [0.1, 0.15) is 11.9 Å². The highest BCUT2D eigenvalue weighted by Gasteiger charge is 2.47. The first-order valence-corrected chi connectivity index (χ1v) is 9.57. The van der Waals surface area contributed by atoms with Gasteiger partial charge in [0.25, 0.3) is 0 Å². The minimum atomic E-state index is -0.542. The summed E-state index contributed by atoms with van der Waals surface area (Å²) in [5.74, 6) is -1.01. The highest BCUT2D eigenvalue weighted by atomic mass is 19.1. The fourth-order valence-corrected chi connectivity index (χ4v) is 3.90. The molecule has 3 amide bonds. The summed E-state index contributed by atoms with van der Waals surface area (Å²) in [4.78, 5) is 45.6. The number of carbonyl (C=O) groups excluding carboxylic acids is 3. The number of benzene rings is 1. The van der Waals surface area contributed by atoms with Crippen LogP contribution in [0, 0.1) is 5.82 Å². The number of aromatic nitrogens is 1. The molecular weight excluding hydrogens is 375 g/mol. The second-order valence-corrected chi connectivity index (χ2v) is 7.27. The molecule has 0 bridgehead atoms. The molecule has 2 atom stereocenters. The molecule has 4 rings (SSSR count). The maximum Gasteiger partial charge on any atom is 0.327 e. The van der Waals surface area contributed by atoms with Gasteiger partial charge in [0, 0.05) is 18.0 Å². The van der Waals surface area contributed by atoms with Crippen LogP contribution < -0.4 is 5.32 Å². The predicted molar refractivity (Wildman–Crippen MR) is 102 cm³/mol. The summed E-state index contributed by atoms with van der Waals surface area (Å²) in [7, 11) is 0. The summed E-state index contributed by atoms with van der Waals surface area (Å²) >= 11 is 0. The van der Waals surface area contributed by atoms with Crippen molar-refractivity contribution in [2.75, 3.05) is 13.1 Å². The predicted octanol–water partition coefficient (Wildman–Crippen LogP) is 1.99. The molecule has 7 nitrogen and oxygen atoms in total. The number of pyridine rings is 1. The third-order valence-electron chi connectivity index (χ3n) is 5.38. The van der Waals surface area contributed by atoms with Crippen LogP contribution >= 0.6 is 0 Å². The number of Topliss-reactive ketones (excluding diaryl/α,β-unsaturated/α-hetero) is 1. The summed E-state index contributed by atoms with van der Waals surface area (Å²) in [5.41, 5.74) is 1.06.